The van der Waals surface area contributed by atoms with Gasteiger partial charge in [-0.2, -0.15) is 0 Å². The van der Waals surface area contributed by atoms with Gasteiger partial charge in [-0.3, -0.25) is 0 Å². The van der Waals surface area contributed by atoms with Crippen molar-refractivity contribution in [3.8, 4) is 0 Å². The lowest BCUT2D eigenvalue weighted by molar-refractivity contribution is 0.292. The van der Waals surface area contributed by atoms with Crippen molar-refractivity contribution in [2.45, 2.75) is 37.8 Å². The quantitative estimate of drug-likeness (QED) is 0.663. The zero-order chi connectivity index (χ0) is 11.0. The van der Waals surface area contributed by atoms with E-state index in [0.717, 1.165) is 35.8 Å². The molecule has 1 aliphatic heterocycles. The fourth-order valence-corrected chi connectivity index (χ4v) is 5.66. The first kappa shape index (κ1) is 9.02. The normalized spacial score (nSPS) is 49.3. The molecule has 1 nitrogen and oxygen atoms in total. The van der Waals surface area contributed by atoms with Crippen molar-refractivity contribution in [3.05, 3.63) is 30.3 Å². The van der Waals surface area contributed by atoms with E-state index in [1.807, 2.05) is 0 Å². The fourth-order valence-electron chi connectivity index (χ4n) is 5.66. The average molecular weight is 225 g/mol. The number of benzene rings is 1. The molecule has 88 valence electrons. The Kier molecular flexibility index (Phi) is 1.53. The van der Waals surface area contributed by atoms with E-state index in [1.54, 1.807) is 6.42 Å². The third-order valence-electron chi connectivity index (χ3n) is 6.10. The van der Waals surface area contributed by atoms with Crippen LogP contribution in [-0.2, 0) is 0 Å². The molecule has 5 rings (SSSR count). The van der Waals surface area contributed by atoms with Crippen molar-refractivity contribution >= 4 is 5.69 Å². The molecule has 2 bridgehead atoms. The number of nitrogens with zero attached hydrogens (tertiary/aromatic N) is 1. The molecule has 1 heterocycles. The minimum Gasteiger partial charge on any atom is -0.361 e. The highest BCUT2D eigenvalue weighted by Crippen LogP contribution is 2.67. The standard InChI is InChI=1S/C16H19N/c1-2-5-10(6-3-1)17-15-13-9-14(16(15)17)12-8-4-7-11(12)13/h1-3,5-6,11-16H,4,7-9H2/t11-,12-,13+,14+,15+,16+/m0/s1. The second-order valence-corrected chi connectivity index (χ2v) is 6.55. The van der Waals surface area contributed by atoms with Crippen LogP contribution in [0.3, 0.4) is 0 Å². The molecule has 4 fully saturated rings. The van der Waals surface area contributed by atoms with Crippen molar-refractivity contribution in [2.24, 2.45) is 23.7 Å². The van der Waals surface area contributed by atoms with Gasteiger partial charge >= 0.3 is 0 Å². The van der Waals surface area contributed by atoms with Crippen LogP contribution in [0.1, 0.15) is 25.7 Å². The summed E-state index contributed by atoms with van der Waals surface area (Å²) in [6.45, 7) is 0. The van der Waals surface area contributed by atoms with Crippen LogP contribution < -0.4 is 4.90 Å². The van der Waals surface area contributed by atoms with Crippen LogP contribution in [-0.4, -0.2) is 12.1 Å². The monoisotopic (exact) mass is 225 g/mol. The Labute approximate surface area is 103 Å². The van der Waals surface area contributed by atoms with Gasteiger partial charge in [0.1, 0.15) is 0 Å². The highest BCUT2D eigenvalue weighted by Gasteiger charge is 2.70. The smallest absolute Gasteiger partial charge is 0.0531 e. The molecular formula is C16H19N. The number of anilines is 1. The van der Waals surface area contributed by atoms with Crippen molar-refractivity contribution in [2.75, 3.05) is 4.90 Å². The van der Waals surface area contributed by atoms with E-state index in [4.69, 9.17) is 0 Å². The van der Waals surface area contributed by atoms with E-state index in [9.17, 15) is 0 Å². The maximum Gasteiger partial charge on any atom is 0.0531 e. The molecule has 17 heavy (non-hydrogen) atoms. The summed E-state index contributed by atoms with van der Waals surface area (Å²) in [7, 11) is 0. The summed E-state index contributed by atoms with van der Waals surface area (Å²) < 4.78 is 0. The van der Waals surface area contributed by atoms with Crippen molar-refractivity contribution < 1.29 is 0 Å². The second-order valence-electron chi connectivity index (χ2n) is 6.55. The van der Waals surface area contributed by atoms with Gasteiger partial charge in [-0.25, -0.2) is 0 Å². The van der Waals surface area contributed by atoms with Gasteiger partial charge in [-0.1, -0.05) is 24.6 Å². The minimum atomic E-state index is 0.932. The lowest BCUT2D eigenvalue weighted by Crippen LogP contribution is -2.22. The maximum atomic E-state index is 2.73. The molecule has 0 unspecified atom stereocenters. The average Bonchev–Trinajstić information content (AvgIpc) is 2.73. The van der Waals surface area contributed by atoms with Crippen LogP contribution in [0.5, 0.6) is 0 Å². The zero-order valence-corrected chi connectivity index (χ0v) is 10.1. The molecule has 3 saturated carbocycles. The largest absolute Gasteiger partial charge is 0.361 e. The predicted molar refractivity (Wildman–Crippen MR) is 68.9 cm³/mol. The molecule has 4 aliphatic rings. The molecule has 1 heteroatoms. The summed E-state index contributed by atoms with van der Waals surface area (Å²) in [5, 5.41) is 0. The van der Waals surface area contributed by atoms with Gasteiger partial charge in [0.2, 0.25) is 0 Å². The SMILES string of the molecule is c1ccc(N2[C@@H]3[C@@H]4C[C@H]([C@H]5CCC[C@@H]54)[C@H]32)cc1. The van der Waals surface area contributed by atoms with Crippen LogP contribution in [0.2, 0.25) is 0 Å². The van der Waals surface area contributed by atoms with Crippen molar-refractivity contribution in [1.82, 2.24) is 0 Å². The Hall–Kier alpha value is -0.980. The Morgan fingerprint density at radius 3 is 2.12 bits per heavy atom. The molecule has 6 atom stereocenters. The van der Waals surface area contributed by atoms with Crippen molar-refractivity contribution in [1.29, 1.82) is 0 Å². The van der Waals surface area contributed by atoms with Gasteiger partial charge in [0.15, 0.2) is 0 Å². The van der Waals surface area contributed by atoms with Crippen molar-refractivity contribution in [3.63, 3.8) is 0 Å². The minimum absolute atomic E-state index is 0.932. The van der Waals surface area contributed by atoms with Gasteiger partial charge in [0.05, 0.1) is 12.1 Å². The molecule has 3 aliphatic carbocycles. The fraction of sp³-hybridized carbons (Fsp3) is 0.625. The summed E-state index contributed by atoms with van der Waals surface area (Å²) in [6.07, 6.45) is 6.16. The topological polar surface area (TPSA) is 3.01 Å². The molecular weight excluding hydrogens is 206 g/mol. The summed E-state index contributed by atoms with van der Waals surface area (Å²) in [4.78, 5) is 2.73. The van der Waals surface area contributed by atoms with Gasteiger partial charge in [0.25, 0.3) is 0 Å². The molecule has 1 saturated heterocycles. The predicted octanol–water partition coefficient (Wildman–Crippen LogP) is 3.31. The maximum absolute atomic E-state index is 2.73. The first-order valence-electron chi connectivity index (χ1n) is 7.28. The van der Waals surface area contributed by atoms with Gasteiger partial charge in [-0.15, -0.1) is 0 Å². The number of hydrogen-bond acceptors (Lipinski definition) is 1. The molecule has 0 amide bonds. The van der Waals surface area contributed by atoms with E-state index in [0.29, 0.717) is 0 Å². The Balaban J connectivity index is 1.49. The Morgan fingerprint density at radius 1 is 0.824 bits per heavy atom. The number of piperidine rings is 1. The van der Waals surface area contributed by atoms with E-state index in [2.05, 4.69) is 35.2 Å². The summed E-state index contributed by atoms with van der Waals surface area (Å²) in [6, 6.07) is 13.0. The van der Waals surface area contributed by atoms with Gasteiger partial charge in [-0.05, 0) is 55.1 Å². The second kappa shape index (κ2) is 2.88. The first-order valence-corrected chi connectivity index (χ1v) is 7.28. The van der Waals surface area contributed by atoms with E-state index < -0.39 is 0 Å². The number of hydrogen-bond donors (Lipinski definition) is 0. The lowest BCUT2D eigenvalue weighted by Gasteiger charge is -2.21. The first-order chi connectivity index (χ1) is 8.45. The van der Waals surface area contributed by atoms with Crippen LogP contribution in [0.25, 0.3) is 0 Å². The summed E-state index contributed by atoms with van der Waals surface area (Å²) in [5.74, 6) is 4.32. The molecule has 1 aromatic rings. The molecule has 0 N–H and O–H groups in total. The van der Waals surface area contributed by atoms with E-state index in [-0.39, 0.29) is 0 Å². The highest BCUT2D eigenvalue weighted by atomic mass is 15.4. The molecule has 0 spiro atoms. The van der Waals surface area contributed by atoms with Crippen LogP contribution in [0.15, 0.2) is 30.3 Å². The number of para-hydroxylation sites is 1. The van der Waals surface area contributed by atoms with Crippen LogP contribution in [0, 0.1) is 23.7 Å². The van der Waals surface area contributed by atoms with Crippen LogP contribution >= 0.6 is 0 Å². The lowest BCUT2D eigenvalue weighted by atomic mass is 9.82. The Morgan fingerprint density at radius 2 is 1.47 bits per heavy atom. The Bertz CT molecular complexity index is 432. The zero-order valence-electron chi connectivity index (χ0n) is 10.1. The van der Waals surface area contributed by atoms with E-state index >= 15 is 0 Å². The third kappa shape index (κ3) is 0.978. The number of rotatable bonds is 1. The third-order valence-corrected chi connectivity index (χ3v) is 6.10. The van der Waals surface area contributed by atoms with Gasteiger partial charge < -0.3 is 4.90 Å². The van der Waals surface area contributed by atoms with E-state index in [1.165, 1.54) is 24.9 Å². The molecule has 0 radical (unpaired) electrons. The van der Waals surface area contributed by atoms with Crippen LogP contribution in [0.4, 0.5) is 5.69 Å². The summed E-state index contributed by atoms with van der Waals surface area (Å²) in [5.41, 5.74) is 1.48. The molecule has 1 aromatic carbocycles. The molecule has 0 aromatic heterocycles. The highest BCUT2D eigenvalue weighted by molar-refractivity contribution is 5.59. The number of fused-ring (bicyclic) bond motifs is 8. The van der Waals surface area contributed by atoms with Gasteiger partial charge in [0, 0.05) is 5.69 Å². The summed E-state index contributed by atoms with van der Waals surface area (Å²) >= 11 is 0.